The minimum Gasteiger partial charge on any atom is -0.371 e. The number of hydrogen-bond donors (Lipinski definition) is 6. The molecule has 0 aromatic carbocycles. The van der Waals surface area contributed by atoms with Crippen LogP contribution in [-0.4, -0.2) is 17.4 Å². The van der Waals surface area contributed by atoms with Crippen LogP contribution in [0.4, 0.5) is 0 Å². The minimum atomic E-state index is -2.21. The van der Waals surface area contributed by atoms with Gasteiger partial charge in [-0.3, -0.25) is 17.2 Å². The SMILES string of the molecule is NOC(=O)C(N)(N)C(N)(N)N. The summed E-state index contributed by atoms with van der Waals surface area (Å²) in [6, 6.07) is 0. The van der Waals surface area contributed by atoms with Crippen molar-refractivity contribution in [2.75, 3.05) is 0 Å². The maximum atomic E-state index is 10.6. The molecule has 0 aliphatic rings. The summed E-state index contributed by atoms with van der Waals surface area (Å²) in [5, 5.41) is 0. The van der Waals surface area contributed by atoms with Gasteiger partial charge >= 0.3 is 5.97 Å². The van der Waals surface area contributed by atoms with Crippen LogP contribution in [0.1, 0.15) is 0 Å². The second-order valence-corrected chi connectivity index (χ2v) is 2.21. The molecule has 0 amide bonds. The molecular formula is C3H12N6O2. The van der Waals surface area contributed by atoms with Gasteiger partial charge in [-0.05, 0) is 0 Å². The summed E-state index contributed by atoms with van der Waals surface area (Å²) in [6.07, 6.45) is 0. The molecule has 0 rings (SSSR count). The molecule has 8 nitrogen and oxygen atoms in total. The molecule has 0 aromatic heterocycles. The Bertz CT molecular complexity index is 160. The van der Waals surface area contributed by atoms with E-state index in [2.05, 4.69) is 10.7 Å². The molecule has 0 heterocycles. The monoisotopic (exact) mass is 164 g/mol. The maximum Gasteiger partial charge on any atom is 0.364 e. The van der Waals surface area contributed by atoms with Crippen LogP contribution in [0.15, 0.2) is 0 Å². The van der Waals surface area contributed by atoms with Gasteiger partial charge in [0.25, 0.3) is 0 Å². The Hall–Kier alpha value is -0.770. The van der Waals surface area contributed by atoms with E-state index in [0.717, 1.165) is 0 Å². The second kappa shape index (κ2) is 2.70. The topological polar surface area (TPSA) is 182 Å². The molecule has 0 bridgehead atoms. The highest BCUT2D eigenvalue weighted by Crippen LogP contribution is 1.99. The van der Waals surface area contributed by atoms with Crippen LogP contribution >= 0.6 is 0 Å². The van der Waals surface area contributed by atoms with E-state index < -0.39 is 17.4 Å². The van der Waals surface area contributed by atoms with Crippen molar-refractivity contribution in [2.45, 2.75) is 11.4 Å². The van der Waals surface area contributed by atoms with Gasteiger partial charge in [0.2, 0.25) is 5.66 Å². The van der Waals surface area contributed by atoms with Crippen LogP contribution in [0.5, 0.6) is 0 Å². The zero-order chi connectivity index (χ0) is 9.28. The first-order chi connectivity index (χ1) is 4.73. The number of nitrogens with two attached hydrogens (primary N) is 6. The molecule has 0 saturated carbocycles. The summed E-state index contributed by atoms with van der Waals surface area (Å²) in [4.78, 5) is 14.4. The Morgan fingerprint density at radius 2 is 1.45 bits per heavy atom. The van der Waals surface area contributed by atoms with Crippen LogP contribution in [0.3, 0.4) is 0 Å². The molecule has 0 unspecified atom stereocenters. The number of hydrogen-bond acceptors (Lipinski definition) is 8. The van der Waals surface area contributed by atoms with E-state index in [0.29, 0.717) is 0 Å². The van der Waals surface area contributed by atoms with E-state index in [9.17, 15) is 4.79 Å². The van der Waals surface area contributed by atoms with Crippen molar-refractivity contribution in [1.82, 2.24) is 0 Å². The lowest BCUT2D eigenvalue weighted by atomic mass is 10.1. The van der Waals surface area contributed by atoms with Gasteiger partial charge in [0.1, 0.15) is 0 Å². The van der Waals surface area contributed by atoms with Gasteiger partial charge in [0, 0.05) is 0 Å². The largest absolute Gasteiger partial charge is 0.371 e. The Balaban J connectivity index is 4.59. The summed E-state index contributed by atoms with van der Waals surface area (Å²) in [5.74, 6) is 1.21. The lowest BCUT2D eigenvalue weighted by molar-refractivity contribution is -0.153. The smallest absolute Gasteiger partial charge is 0.364 e. The van der Waals surface area contributed by atoms with Crippen molar-refractivity contribution >= 4 is 5.97 Å². The van der Waals surface area contributed by atoms with Crippen molar-refractivity contribution in [2.24, 2.45) is 34.6 Å². The van der Waals surface area contributed by atoms with Crippen LogP contribution in [0.2, 0.25) is 0 Å². The lowest BCUT2D eigenvalue weighted by Crippen LogP contribution is -2.84. The first-order valence-corrected chi connectivity index (χ1v) is 2.59. The molecule has 8 heteroatoms. The fourth-order valence-electron chi connectivity index (χ4n) is 0.274. The summed E-state index contributed by atoms with van der Waals surface area (Å²) in [5.41, 5.74) is 23.1. The summed E-state index contributed by atoms with van der Waals surface area (Å²) in [6.45, 7) is 0. The van der Waals surface area contributed by atoms with E-state index in [1.165, 1.54) is 0 Å². The molecule has 0 aromatic rings. The summed E-state index contributed by atoms with van der Waals surface area (Å²) < 4.78 is 0. The lowest BCUT2D eigenvalue weighted by Gasteiger charge is -2.33. The van der Waals surface area contributed by atoms with Gasteiger partial charge in [-0.15, -0.1) is 0 Å². The minimum absolute atomic E-state index is 1.19. The molecule has 0 radical (unpaired) electrons. The van der Waals surface area contributed by atoms with Crippen molar-refractivity contribution < 1.29 is 9.63 Å². The Morgan fingerprint density at radius 3 is 1.55 bits per heavy atom. The molecule has 12 N–H and O–H groups in total. The third-order valence-electron chi connectivity index (χ3n) is 1.16. The zero-order valence-electron chi connectivity index (χ0n) is 5.78. The van der Waals surface area contributed by atoms with Crippen LogP contribution in [0, 0.1) is 0 Å². The van der Waals surface area contributed by atoms with Crippen molar-refractivity contribution in [1.29, 1.82) is 0 Å². The van der Waals surface area contributed by atoms with Gasteiger partial charge in [0.15, 0.2) is 5.79 Å². The van der Waals surface area contributed by atoms with Crippen LogP contribution in [-0.2, 0) is 9.63 Å². The van der Waals surface area contributed by atoms with Gasteiger partial charge < -0.3 is 16.3 Å². The average molecular weight is 164 g/mol. The first kappa shape index (κ1) is 10.2. The van der Waals surface area contributed by atoms with Gasteiger partial charge in [-0.25, -0.2) is 4.79 Å². The second-order valence-electron chi connectivity index (χ2n) is 2.21. The Labute approximate surface area is 62.7 Å². The fraction of sp³-hybridized carbons (Fsp3) is 0.667. The van der Waals surface area contributed by atoms with E-state index in [4.69, 9.17) is 28.7 Å². The fourth-order valence-corrected chi connectivity index (χ4v) is 0.274. The predicted octanol–water partition coefficient (Wildman–Crippen LogP) is -4.45. The standard InChI is InChI=1S/C3H12N6O2/c4-2(5,1(10)11-9)3(6,7)8/h4-9H2. The zero-order valence-corrected chi connectivity index (χ0v) is 5.78. The third kappa shape index (κ3) is 1.83. The van der Waals surface area contributed by atoms with Crippen molar-refractivity contribution in [3.8, 4) is 0 Å². The summed E-state index contributed by atoms with van der Waals surface area (Å²) in [7, 11) is 0. The predicted molar refractivity (Wildman–Crippen MR) is 36.7 cm³/mol. The van der Waals surface area contributed by atoms with Gasteiger partial charge in [-0.2, -0.15) is 5.90 Å². The highest BCUT2D eigenvalue weighted by molar-refractivity contribution is 5.81. The molecule has 0 spiro atoms. The molecule has 0 fully saturated rings. The van der Waals surface area contributed by atoms with Gasteiger partial charge in [-0.1, -0.05) is 0 Å². The highest BCUT2D eigenvalue weighted by Gasteiger charge is 2.45. The number of carbonyl (C=O) groups is 1. The molecule has 0 aliphatic carbocycles. The van der Waals surface area contributed by atoms with Crippen LogP contribution in [0.25, 0.3) is 0 Å². The molecule has 0 saturated heterocycles. The van der Waals surface area contributed by atoms with E-state index in [1.54, 1.807) is 0 Å². The molecule has 11 heavy (non-hydrogen) atoms. The van der Waals surface area contributed by atoms with E-state index >= 15 is 0 Å². The normalized spacial score (nSPS) is 12.9. The maximum absolute atomic E-state index is 10.6. The molecule has 0 aliphatic heterocycles. The molecule has 66 valence electrons. The Morgan fingerprint density at radius 1 is 1.09 bits per heavy atom. The Kier molecular flexibility index (Phi) is 2.51. The van der Waals surface area contributed by atoms with E-state index in [1.807, 2.05) is 0 Å². The highest BCUT2D eigenvalue weighted by atomic mass is 16.7. The molecule has 0 atom stereocenters. The first-order valence-electron chi connectivity index (χ1n) is 2.59. The molecular weight excluding hydrogens is 152 g/mol. The average Bonchev–Trinajstić information content (AvgIpc) is 1.83. The van der Waals surface area contributed by atoms with Gasteiger partial charge in [0.05, 0.1) is 0 Å². The van der Waals surface area contributed by atoms with Crippen LogP contribution < -0.4 is 34.6 Å². The summed E-state index contributed by atoms with van der Waals surface area (Å²) >= 11 is 0. The van der Waals surface area contributed by atoms with Crippen molar-refractivity contribution in [3.63, 3.8) is 0 Å². The quantitative estimate of drug-likeness (QED) is 0.174. The van der Waals surface area contributed by atoms with Crippen molar-refractivity contribution in [3.05, 3.63) is 0 Å². The number of carbonyl (C=O) groups excluding carboxylic acids is 1. The number of rotatable bonds is 2. The van der Waals surface area contributed by atoms with E-state index in [-0.39, 0.29) is 0 Å². The third-order valence-corrected chi connectivity index (χ3v) is 1.16.